The lowest BCUT2D eigenvalue weighted by molar-refractivity contribution is -0.116. The number of ether oxygens (including phenoxy) is 1. The minimum absolute atomic E-state index is 0.108. The minimum atomic E-state index is -0.333. The van der Waals surface area contributed by atoms with Crippen LogP contribution in [0.4, 0.5) is 10.1 Å². The van der Waals surface area contributed by atoms with Gasteiger partial charge in [-0.1, -0.05) is 17.3 Å². The molecular formula is C22H18FN3O3S. The number of nitrogens with one attached hydrogen (secondary N) is 1. The smallest absolute Gasteiger partial charge is 0.270 e. The first-order chi connectivity index (χ1) is 14.6. The fourth-order valence-electron chi connectivity index (χ4n) is 2.87. The number of carbonyl (C=O) groups excluding carboxylic acids is 1. The average Bonchev–Trinajstić information content (AvgIpc) is 3.42. The SMILES string of the molecule is COc1ccc(CCC(=O)Nc2ccsc2-c2nc(-c3ccc(F)cc3)no2)cc1. The van der Waals surface area contributed by atoms with Crippen molar-refractivity contribution in [3.05, 3.63) is 71.4 Å². The summed E-state index contributed by atoms with van der Waals surface area (Å²) in [6, 6.07) is 15.3. The summed E-state index contributed by atoms with van der Waals surface area (Å²) in [5, 5.41) is 8.71. The maximum absolute atomic E-state index is 13.1. The highest BCUT2D eigenvalue weighted by molar-refractivity contribution is 7.14. The number of thiophene rings is 1. The minimum Gasteiger partial charge on any atom is -0.497 e. The quantitative estimate of drug-likeness (QED) is 0.443. The first-order valence-corrected chi connectivity index (χ1v) is 10.1. The van der Waals surface area contributed by atoms with Crippen LogP contribution >= 0.6 is 11.3 Å². The van der Waals surface area contributed by atoms with Crippen molar-refractivity contribution in [2.24, 2.45) is 0 Å². The monoisotopic (exact) mass is 423 g/mol. The number of carbonyl (C=O) groups is 1. The molecule has 2 aromatic carbocycles. The number of anilines is 1. The van der Waals surface area contributed by atoms with Crippen LogP contribution in [-0.2, 0) is 11.2 Å². The number of hydrogen-bond donors (Lipinski definition) is 1. The number of benzene rings is 2. The molecule has 8 heteroatoms. The second kappa shape index (κ2) is 8.87. The number of rotatable bonds is 7. The zero-order chi connectivity index (χ0) is 20.9. The molecule has 4 rings (SSSR count). The van der Waals surface area contributed by atoms with Crippen molar-refractivity contribution in [2.45, 2.75) is 12.8 Å². The number of aromatic nitrogens is 2. The number of halogens is 1. The van der Waals surface area contributed by atoms with E-state index in [1.807, 2.05) is 29.6 Å². The molecule has 0 aliphatic carbocycles. The molecule has 0 saturated heterocycles. The van der Waals surface area contributed by atoms with E-state index >= 15 is 0 Å². The van der Waals surface area contributed by atoms with E-state index in [0.29, 0.717) is 40.7 Å². The molecule has 30 heavy (non-hydrogen) atoms. The second-order valence-corrected chi connectivity index (χ2v) is 7.41. The summed E-state index contributed by atoms with van der Waals surface area (Å²) in [5.74, 6) is 1.000. The zero-order valence-corrected chi connectivity index (χ0v) is 16.9. The van der Waals surface area contributed by atoms with Gasteiger partial charge < -0.3 is 14.6 Å². The van der Waals surface area contributed by atoms with E-state index in [2.05, 4.69) is 15.5 Å². The summed E-state index contributed by atoms with van der Waals surface area (Å²) < 4.78 is 23.6. The van der Waals surface area contributed by atoms with Gasteiger partial charge in [-0.3, -0.25) is 4.79 Å². The molecule has 2 heterocycles. The van der Waals surface area contributed by atoms with Gasteiger partial charge in [0.05, 0.1) is 12.8 Å². The molecule has 152 valence electrons. The lowest BCUT2D eigenvalue weighted by Crippen LogP contribution is -2.12. The summed E-state index contributed by atoms with van der Waals surface area (Å²) in [4.78, 5) is 17.5. The first kappa shape index (κ1) is 19.8. The third kappa shape index (κ3) is 4.55. The van der Waals surface area contributed by atoms with Crippen LogP contribution < -0.4 is 10.1 Å². The van der Waals surface area contributed by atoms with Crippen molar-refractivity contribution in [3.63, 3.8) is 0 Å². The average molecular weight is 423 g/mol. The first-order valence-electron chi connectivity index (χ1n) is 9.22. The van der Waals surface area contributed by atoms with Gasteiger partial charge in [0.15, 0.2) is 0 Å². The van der Waals surface area contributed by atoms with Crippen LogP contribution in [-0.4, -0.2) is 23.2 Å². The Hall–Kier alpha value is -3.52. The molecule has 1 N–H and O–H groups in total. The summed E-state index contributed by atoms with van der Waals surface area (Å²) in [7, 11) is 1.62. The number of hydrogen-bond acceptors (Lipinski definition) is 6. The van der Waals surface area contributed by atoms with Gasteiger partial charge in [-0.25, -0.2) is 4.39 Å². The predicted octanol–water partition coefficient (Wildman–Crippen LogP) is 5.18. The molecular weight excluding hydrogens is 405 g/mol. The van der Waals surface area contributed by atoms with Gasteiger partial charge in [0.2, 0.25) is 11.7 Å². The van der Waals surface area contributed by atoms with Crippen LogP contribution in [0.15, 0.2) is 64.5 Å². The van der Waals surface area contributed by atoms with E-state index in [4.69, 9.17) is 9.26 Å². The predicted molar refractivity (Wildman–Crippen MR) is 113 cm³/mol. The Morgan fingerprint density at radius 3 is 2.63 bits per heavy atom. The zero-order valence-electron chi connectivity index (χ0n) is 16.1. The number of aryl methyl sites for hydroxylation is 1. The standard InChI is InChI=1S/C22H18FN3O3S/c1-28-17-9-2-14(3-10-17)4-11-19(27)24-18-12-13-30-20(18)22-25-21(26-29-22)15-5-7-16(23)8-6-15/h2-3,5-10,12-13H,4,11H2,1H3,(H,24,27). The second-order valence-electron chi connectivity index (χ2n) is 6.49. The highest BCUT2D eigenvalue weighted by atomic mass is 32.1. The van der Waals surface area contributed by atoms with E-state index in [1.165, 1.54) is 23.5 Å². The van der Waals surface area contributed by atoms with Crippen LogP contribution in [0.1, 0.15) is 12.0 Å². The van der Waals surface area contributed by atoms with Crippen LogP contribution in [0.2, 0.25) is 0 Å². The van der Waals surface area contributed by atoms with E-state index in [0.717, 1.165) is 11.3 Å². The molecule has 0 aliphatic heterocycles. The van der Waals surface area contributed by atoms with Crippen molar-refractivity contribution >= 4 is 22.9 Å². The topological polar surface area (TPSA) is 77.2 Å². The Bertz CT molecular complexity index is 1140. The van der Waals surface area contributed by atoms with E-state index in [-0.39, 0.29) is 11.7 Å². The van der Waals surface area contributed by atoms with Crippen LogP contribution in [0, 0.1) is 5.82 Å². The highest BCUT2D eigenvalue weighted by Gasteiger charge is 2.17. The molecule has 0 fully saturated rings. The van der Waals surface area contributed by atoms with Crippen LogP contribution in [0.25, 0.3) is 22.2 Å². The van der Waals surface area contributed by atoms with E-state index in [9.17, 15) is 9.18 Å². The maximum Gasteiger partial charge on any atom is 0.270 e. The van der Waals surface area contributed by atoms with Gasteiger partial charge in [0, 0.05) is 12.0 Å². The Kier molecular flexibility index (Phi) is 5.85. The van der Waals surface area contributed by atoms with Crippen LogP contribution in [0.3, 0.4) is 0 Å². The molecule has 4 aromatic rings. The molecule has 0 saturated carbocycles. The Labute approximate surface area is 176 Å². The highest BCUT2D eigenvalue weighted by Crippen LogP contribution is 2.33. The number of amides is 1. The van der Waals surface area contributed by atoms with E-state index < -0.39 is 0 Å². The van der Waals surface area contributed by atoms with Crippen molar-refractivity contribution in [1.82, 2.24) is 10.1 Å². The summed E-state index contributed by atoms with van der Waals surface area (Å²) in [6.07, 6.45) is 0.955. The fourth-order valence-corrected chi connectivity index (χ4v) is 3.64. The molecule has 0 spiro atoms. The molecule has 0 aliphatic rings. The van der Waals surface area contributed by atoms with Gasteiger partial charge in [-0.05, 0) is 59.8 Å². The van der Waals surface area contributed by atoms with Gasteiger partial charge in [0.1, 0.15) is 16.4 Å². The molecule has 2 aromatic heterocycles. The molecule has 0 bridgehead atoms. The third-order valence-electron chi connectivity index (χ3n) is 4.46. The maximum atomic E-state index is 13.1. The Morgan fingerprint density at radius 1 is 1.13 bits per heavy atom. The molecule has 0 radical (unpaired) electrons. The van der Waals surface area contributed by atoms with E-state index in [1.54, 1.807) is 25.3 Å². The van der Waals surface area contributed by atoms with Crippen molar-refractivity contribution in [3.8, 4) is 27.9 Å². The van der Waals surface area contributed by atoms with Crippen molar-refractivity contribution in [1.29, 1.82) is 0 Å². The Balaban J connectivity index is 1.41. The molecule has 1 amide bonds. The summed E-state index contributed by atoms with van der Waals surface area (Å²) >= 11 is 1.39. The van der Waals surface area contributed by atoms with Gasteiger partial charge in [-0.2, -0.15) is 4.98 Å². The molecule has 6 nitrogen and oxygen atoms in total. The van der Waals surface area contributed by atoms with Gasteiger partial charge in [0.25, 0.3) is 5.89 Å². The van der Waals surface area contributed by atoms with Crippen molar-refractivity contribution in [2.75, 3.05) is 12.4 Å². The fraction of sp³-hybridized carbons (Fsp3) is 0.136. The molecule has 0 unspecified atom stereocenters. The Morgan fingerprint density at radius 2 is 1.90 bits per heavy atom. The summed E-state index contributed by atoms with van der Waals surface area (Å²) in [6.45, 7) is 0. The number of methoxy groups -OCH3 is 1. The molecule has 0 atom stereocenters. The summed E-state index contributed by atoms with van der Waals surface area (Å²) in [5.41, 5.74) is 2.32. The normalized spacial score (nSPS) is 10.7. The van der Waals surface area contributed by atoms with Crippen LogP contribution in [0.5, 0.6) is 5.75 Å². The van der Waals surface area contributed by atoms with Crippen molar-refractivity contribution < 1.29 is 18.4 Å². The third-order valence-corrected chi connectivity index (χ3v) is 5.36. The lowest BCUT2D eigenvalue weighted by atomic mass is 10.1. The number of nitrogens with zero attached hydrogens (tertiary/aromatic N) is 2. The van der Waals surface area contributed by atoms with Gasteiger partial charge >= 0.3 is 0 Å². The largest absolute Gasteiger partial charge is 0.497 e. The lowest BCUT2D eigenvalue weighted by Gasteiger charge is -2.06. The van der Waals surface area contributed by atoms with Gasteiger partial charge in [-0.15, -0.1) is 11.3 Å².